The summed E-state index contributed by atoms with van der Waals surface area (Å²) < 4.78 is 0. The van der Waals surface area contributed by atoms with Crippen LogP contribution in [0, 0.1) is 11.8 Å². The molecule has 1 saturated heterocycles. The lowest BCUT2D eigenvalue weighted by molar-refractivity contribution is -0.135. The summed E-state index contributed by atoms with van der Waals surface area (Å²) in [7, 11) is 0. The zero-order chi connectivity index (χ0) is 38.8. The molecule has 284 valence electrons. The largest absolute Gasteiger partial charge is 0.384 e. The van der Waals surface area contributed by atoms with Crippen LogP contribution in [0.25, 0.3) is 5.70 Å². The first-order chi connectivity index (χ1) is 25.4. The summed E-state index contributed by atoms with van der Waals surface area (Å²) in [5, 5.41) is 14.8. The highest BCUT2D eigenvalue weighted by atomic mass is 35.5. The normalized spacial score (nSPS) is 14.2. The Morgan fingerprint density at radius 2 is 1.58 bits per heavy atom. The third kappa shape index (κ3) is 14.4. The van der Waals surface area contributed by atoms with Gasteiger partial charge in [-0.05, 0) is 62.9 Å². The lowest BCUT2D eigenvalue weighted by Gasteiger charge is -2.17. The van der Waals surface area contributed by atoms with Crippen molar-refractivity contribution < 1.29 is 24.0 Å². The minimum atomic E-state index is -0.401. The Morgan fingerprint density at radius 1 is 0.943 bits per heavy atom. The number of pyridine rings is 2. The maximum absolute atomic E-state index is 13.0. The summed E-state index contributed by atoms with van der Waals surface area (Å²) in [4.78, 5) is 66.9. The first-order valence-electron chi connectivity index (χ1n) is 18.2. The number of nitrogens with one attached hydrogen (secondary N) is 5. The molecule has 1 aromatic carbocycles. The predicted molar refractivity (Wildman–Crippen MR) is 211 cm³/mol. The van der Waals surface area contributed by atoms with Gasteiger partial charge in [0.1, 0.15) is 5.15 Å². The molecule has 2 unspecified atom stereocenters. The van der Waals surface area contributed by atoms with Crippen molar-refractivity contribution in [1.29, 1.82) is 0 Å². The topological polar surface area (TPSA) is 171 Å². The molecule has 0 radical (unpaired) electrons. The summed E-state index contributed by atoms with van der Waals surface area (Å²) in [6.07, 6.45) is 11.5. The van der Waals surface area contributed by atoms with Crippen LogP contribution in [0.2, 0.25) is 5.15 Å². The molecule has 1 fully saturated rings. The molecule has 13 heteroatoms. The van der Waals surface area contributed by atoms with E-state index < -0.39 is 6.03 Å². The van der Waals surface area contributed by atoms with Crippen LogP contribution in [0.4, 0.5) is 21.9 Å². The van der Waals surface area contributed by atoms with Crippen LogP contribution in [-0.4, -0.2) is 52.5 Å². The highest BCUT2D eigenvalue weighted by molar-refractivity contribution is 6.29. The number of hydrogen-bond donors (Lipinski definition) is 5. The summed E-state index contributed by atoms with van der Waals surface area (Å²) >= 11 is 5.87. The fourth-order valence-electron chi connectivity index (χ4n) is 5.45. The maximum Gasteiger partial charge on any atom is 0.323 e. The second-order valence-corrected chi connectivity index (χ2v) is 13.5. The van der Waals surface area contributed by atoms with Crippen LogP contribution in [0.5, 0.6) is 0 Å². The van der Waals surface area contributed by atoms with Crippen molar-refractivity contribution in [2.24, 2.45) is 11.8 Å². The molecule has 53 heavy (non-hydrogen) atoms. The molecule has 3 heterocycles. The highest BCUT2D eigenvalue weighted by Gasteiger charge is 2.23. The third-order valence-electron chi connectivity index (χ3n) is 8.83. The number of hydrogen-bond acceptors (Lipinski definition) is 9. The van der Waals surface area contributed by atoms with Crippen LogP contribution in [-0.2, 0) is 9.59 Å². The lowest BCUT2D eigenvalue weighted by atomic mass is 9.91. The van der Waals surface area contributed by atoms with Gasteiger partial charge in [0.25, 0.3) is 0 Å². The molecule has 2 atom stereocenters. The number of nitrogens with zero attached hydrogens (tertiary/aromatic N) is 2. The number of imide groups is 1. The number of halogens is 1. The van der Waals surface area contributed by atoms with Gasteiger partial charge in [0.2, 0.25) is 11.8 Å². The molecular formula is C40H52ClN7O5. The van der Waals surface area contributed by atoms with Crippen LogP contribution in [0.1, 0.15) is 112 Å². The van der Waals surface area contributed by atoms with E-state index in [2.05, 4.69) is 43.1 Å². The van der Waals surface area contributed by atoms with Crippen molar-refractivity contribution in [1.82, 2.24) is 20.6 Å². The second-order valence-electron chi connectivity index (χ2n) is 13.1. The number of rotatable bonds is 18. The van der Waals surface area contributed by atoms with E-state index in [1.165, 1.54) is 13.1 Å². The Labute approximate surface area is 317 Å². The Morgan fingerprint density at radius 3 is 2.21 bits per heavy atom. The van der Waals surface area contributed by atoms with E-state index in [1.54, 1.807) is 36.5 Å². The van der Waals surface area contributed by atoms with Crippen LogP contribution in [0.15, 0.2) is 61.4 Å². The number of carbonyl (C=O) groups is 5. The number of aromatic nitrogens is 2. The highest BCUT2D eigenvalue weighted by Crippen LogP contribution is 2.25. The van der Waals surface area contributed by atoms with Crippen LogP contribution in [0.3, 0.4) is 0 Å². The van der Waals surface area contributed by atoms with Gasteiger partial charge in [0, 0.05) is 66.4 Å². The zero-order valence-corrected chi connectivity index (χ0v) is 31.9. The molecule has 0 aliphatic carbocycles. The number of piperidine rings is 1. The number of unbranched alkanes of at least 4 members (excludes halogenated alkanes) is 5. The van der Waals surface area contributed by atoms with E-state index in [0.29, 0.717) is 51.9 Å². The third-order valence-corrected chi connectivity index (χ3v) is 9.04. The van der Waals surface area contributed by atoms with Crippen molar-refractivity contribution in [3.63, 3.8) is 0 Å². The van der Waals surface area contributed by atoms with Gasteiger partial charge in [-0.2, -0.15) is 0 Å². The fourth-order valence-corrected chi connectivity index (χ4v) is 5.62. The number of benzene rings is 1. The Bertz CT molecular complexity index is 1750. The van der Waals surface area contributed by atoms with Gasteiger partial charge in [0.15, 0.2) is 11.6 Å². The number of urea groups is 1. The average Bonchev–Trinajstić information content (AvgIpc) is 3.13. The van der Waals surface area contributed by atoms with E-state index in [4.69, 9.17) is 11.6 Å². The van der Waals surface area contributed by atoms with Crippen molar-refractivity contribution in [3.8, 4) is 0 Å². The monoisotopic (exact) mass is 745 g/mol. The molecule has 1 aliphatic rings. The number of amides is 4. The molecule has 12 nitrogen and oxygen atoms in total. The van der Waals surface area contributed by atoms with E-state index in [9.17, 15) is 24.0 Å². The van der Waals surface area contributed by atoms with Gasteiger partial charge < -0.3 is 21.3 Å². The Balaban J connectivity index is 0.000000731. The summed E-state index contributed by atoms with van der Waals surface area (Å²) in [6, 6.07) is 11.8. The van der Waals surface area contributed by atoms with Crippen molar-refractivity contribution in [2.45, 2.75) is 85.5 Å². The molecule has 2 aromatic heterocycles. The molecule has 1 aliphatic heterocycles. The van der Waals surface area contributed by atoms with Gasteiger partial charge in [0.05, 0.1) is 17.0 Å². The standard InChI is InChI=1S/C34H43ClN6O3.C6H9NO2/c1-5-23(2)33(43)32-28(25(4)42)13-12-14-29(32)37-18-11-9-7-6-8-10-17-36-24(3)30-21-26(15-19-38-30)40-34(44)41-27-16-20-39-31(35)22-27;1-4-2-3-5(8)7-6(4)9/h12-16,19-23,36-37H,3,5-11,17-18H2,1-2,4H3,(H2,38,39,40,41,44);4H,2-3H2,1H3,(H,7,8,9). The van der Waals surface area contributed by atoms with Crippen molar-refractivity contribution in [2.75, 3.05) is 29.0 Å². The molecule has 3 aromatic rings. The van der Waals surface area contributed by atoms with E-state index in [1.807, 2.05) is 32.9 Å². The van der Waals surface area contributed by atoms with Crippen LogP contribution >= 0.6 is 11.6 Å². The minimum absolute atomic E-state index is 0.0164. The summed E-state index contributed by atoms with van der Waals surface area (Å²) in [6.45, 7) is 12.9. The minimum Gasteiger partial charge on any atom is -0.384 e. The van der Waals surface area contributed by atoms with Gasteiger partial charge in [-0.25, -0.2) is 9.78 Å². The molecule has 5 N–H and O–H groups in total. The number of anilines is 3. The van der Waals surface area contributed by atoms with E-state index in [-0.39, 0.29) is 35.2 Å². The van der Waals surface area contributed by atoms with Gasteiger partial charge in [-0.3, -0.25) is 29.5 Å². The first kappa shape index (κ1) is 42.3. The molecule has 4 amide bonds. The molecule has 0 saturated carbocycles. The molecule has 0 bridgehead atoms. The first-order valence-corrected chi connectivity index (χ1v) is 18.6. The van der Waals surface area contributed by atoms with E-state index in [0.717, 1.165) is 63.7 Å². The Hall–Kier alpha value is -5.10. The van der Waals surface area contributed by atoms with Gasteiger partial charge in [-0.15, -0.1) is 0 Å². The number of carbonyl (C=O) groups excluding carboxylic acids is 5. The van der Waals surface area contributed by atoms with Crippen molar-refractivity contribution in [3.05, 3.63) is 83.4 Å². The zero-order valence-electron chi connectivity index (χ0n) is 31.1. The molecular weight excluding hydrogens is 694 g/mol. The van der Waals surface area contributed by atoms with E-state index >= 15 is 0 Å². The second kappa shape index (κ2) is 22.1. The smallest absolute Gasteiger partial charge is 0.323 e. The van der Waals surface area contributed by atoms with Crippen molar-refractivity contribution >= 4 is 63.8 Å². The summed E-state index contributed by atoms with van der Waals surface area (Å²) in [5.74, 6) is -0.452. The number of ketones is 2. The van der Waals surface area contributed by atoms with Gasteiger partial charge >= 0.3 is 6.03 Å². The predicted octanol–water partition coefficient (Wildman–Crippen LogP) is 8.28. The Kier molecular flexibility index (Phi) is 17.6. The number of Topliss-reactive ketones (excluding diaryl/α,β-unsaturated/α-hetero) is 2. The fraction of sp³-hybridized carbons (Fsp3) is 0.425. The average molecular weight is 746 g/mol. The SMILES string of the molecule is C=C(NCCCCCCCCNc1cccc(C(C)=O)c1C(=O)C(C)CC)c1cc(NC(=O)Nc2ccnc(Cl)c2)ccn1.CC1CCC(=O)NC1=O. The van der Waals surface area contributed by atoms with Gasteiger partial charge in [-0.1, -0.05) is 76.8 Å². The quantitative estimate of drug-likeness (QED) is 0.0372. The summed E-state index contributed by atoms with van der Waals surface area (Å²) in [5.41, 5.74) is 4.26. The van der Waals surface area contributed by atoms with Crippen LogP contribution < -0.4 is 26.6 Å². The molecule has 0 spiro atoms. The maximum atomic E-state index is 13.0. The lowest BCUT2D eigenvalue weighted by Crippen LogP contribution is -2.39. The molecule has 4 rings (SSSR count).